The highest BCUT2D eigenvalue weighted by Crippen LogP contribution is 2.36. The third-order valence-electron chi connectivity index (χ3n) is 3.49. The van der Waals surface area contributed by atoms with Gasteiger partial charge in [0, 0.05) is 6.07 Å². The van der Waals surface area contributed by atoms with Crippen LogP contribution in [0.25, 0.3) is 0 Å². The molecule has 0 fully saturated rings. The first kappa shape index (κ1) is 18.4. The van der Waals surface area contributed by atoms with Crippen LogP contribution in [-0.2, 0) is 16.4 Å². The Morgan fingerprint density at radius 2 is 1.67 bits per heavy atom. The fraction of sp³-hybridized carbons (Fsp3) is 0.294. The van der Waals surface area contributed by atoms with E-state index < -0.39 is 10.0 Å². The first-order valence-corrected chi connectivity index (χ1v) is 9.30. The second-order valence-corrected chi connectivity index (χ2v) is 7.28. The summed E-state index contributed by atoms with van der Waals surface area (Å²) in [4.78, 5) is 0.177. The zero-order valence-corrected chi connectivity index (χ0v) is 15.4. The van der Waals surface area contributed by atoms with Crippen LogP contribution in [-0.4, -0.2) is 22.6 Å². The van der Waals surface area contributed by atoms with Gasteiger partial charge in [-0.25, -0.2) is 8.42 Å². The molecule has 0 unspecified atom stereocenters. The molecule has 1 N–H and O–H groups in total. The molecule has 0 aliphatic carbocycles. The molecule has 24 heavy (non-hydrogen) atoms. The van der Waals surface area contributed by atoms with Crippen molar-refractivity contribution in [3.05, 3.63) is 47.0 Å². The maximum atomic E-state index is 12.6. The van der Waals surface area contributed by atoms with Gasteiger partial charge < -0.3 is 9.47 Å². The molecule has 0 radical (unpaired) electrons. The lowest BCUT2D eigenvalue weighted by Gasteiger charge is -2.14. The zero-order chi connectivity index (χ0) is 17.7. The molecule has 7 heteroatoms. The monoisotopic (exact) mass is 369 g/mol. The summed E-state index contributed by atoms with van der Waals surface area (Å²) in [5, 5.41) is 0.286. The van der Waals surface area contributed by atoms with Crippen molar-refractivity contribution >= 4 is 27.3 Å². The molecular weight excluding hydrogens is 350 g/mol. The summed E-state index contributed by atoms with van der Waals surface area (Å²) in [7, 11) is -0.824. The van der Waals surface area contributed by atoms with Gasteiger partial charge in [0.05, 0.1) is 29.8 Å². The molecule has 0 saturated carbocycles. The lowest BCUT2D eigenvalue weighted by molar-refractivity contribution is 0.396. The number of aryl methyl sites for hydroxylation is 1. The average Bonchev–Trinajstić information content (AvgIpc) is 2.55. The third kappa shape index (κ3) is 4.13. The van der Waals surface area contributed by atoms with E-state index in [1.54, 1.807) is 12.1 Å². The Hall–Kier alpha value is -1.92. The van der Waals surface area contributed by atoms with Gasteiger partial charge in [0.2, 0.25) is 0 Å². The highest BCUT2D eigenvalue weighted by atomic mass is 35.5. The van der Waals surface area contributed by atoms with E-state index in [1.807, 2.05) is 12.1 Å². The van der Waals surface area contributed by atoms with Crippen molar-refractivity contribution in [2.45, 2.75) is 24.7 Å². The van der Waals surface area contributed by atoms with E-state index in [9.17, 15) is 8.42 Å². The van der Waals surface area contributed by atoms with Crippen molar-refractivity contribution in [3.8, 4) is 11.5 Å². The van der Waals surface area contributed by atoms with Crippen molar-refractivity contribution in [2.75, 3.05) is 18.9 Å². The van der Waals surface area contributed by atoms with Gasteiger partial charge in [-0.05, 0) is 30.2 Å². The van der Waals surface area contributed by atoms with Gasteiger partial charge in [-0.3, -0.25) is 4.72 Å². The molecule has 0 heterocycles. The molecule has 0 spiro atoms. The van der Waals surface area contributed by atoms with Gasteiger partial charge in [-0.15, -0.1) is 0 Å². The number of sulfonamides is 1. The summed E-state index contributed by atoms with van der Waals surface area (Å²) in [5.74, 6) is 0.725. The first-order chi connectivity index (χ1) is 11.4. The Bertz CT molecular complexity index is 804. The second kappa shape index (κ2) is 7.77. The SMILES string of the molecule is CCCc1ccc(S(=O)(=O)Nc2cc(Cl)c(OC)cc2OC)cc1. The molecular formula is C17H20ClNO4S. The van der Waals surface area contributed by atoms with E-state index in [0.29, 0.717) is 11.5 Å². The normalized spacial score (nSPS) is 11.2. The standard InChI is InChI=1S/C17H20ClNO4S/c1-4-5-12-6-8-13(9-7-12)24(20,21)19-15-10-14(18)16(22-2)11-17(15)23-3/h6-11,19H,4-5H2,1-3H3. The van der Waals surface area contributed by atoms with Crippen LogP contribution in [0, 0.1) is 0 Å². The zero-order valence-electron chi connectivity index (χ0n) is 13.8. The quantitative estimate of drug-likeness (QED) is 0.797. The number of methoxy groups -OCH3 is 2. The van der Waals surface area contributed by atoms with Crippen LogP contribution in [0.4, 0.5) is 5.69 Å². The van der Waals surface area contributed by atoms with Gasteiger partial charge >= 0.3 is 0 Å². The van der Waals surface area contributed by atoms with Crippen LogP contribution in [0.2, 0.25) is 5.02 Å². The number of rotatable bonds is 7. The van der Waals surface area contributed by atoms with Crippen LogP contribution in [0.1, 0.15) is 18.9 Å². The molecule has 2 aromatic carbocycles. The van der Waals surface area contributed by atoms with Gasteiger partial charge in [0.1, 0.15) is 11.5 Å². The number of hydrogen-bond acceptors (Lipinski definition) is 4. The van der Waals surface area contributed by atoms with Gasteiger partial charge in [-0.2, -0.15) is 0 Å². The summed E-state index contributed by atoms with van der Waals surface area (Å²) in [6, 6.07) is 9.80. The van der Waals surface area contributed by atoms with Crippen molar-refractivity contribution in [1.82, 2.24) is 0 Å². The lowest BCUT2D eigenvalue weighted by atomic mass is 10.1. The summed E-state index contributed by atoms with van der Waals surface area (Å²) in [6.07, 6.45) is 1.92. The van der Waals surface area contributed by atoms with Gasteiger partial charge in [0.25, 0.3) is 10.0 Å². The Labute approximate surface area is 147 Å². The molecule has 0 atom stereocenters. The number of nitrogens with one attached hydrogen (secondary N) is 1. The highest BCUT2D eigenvalue weighted by Gasteiger charge is 2.18. The topological polar surface area (TPSA) is 64.6 Å². The van der Waals surface area contributed by atoms with Gasteiger partial charge in [0.15, 0.2) is 0 Å². The molecule has 5 nitrogen and oxygen atoms in total. The largest absolute Gasteiger partial charge is 0.495 e. The fourth-order valence-corrected chi connectivity index (χ4v) is 3.57. The van der Waals surface area contributed by atoms with Crippen molar-refractivity contribution in [3.63, 3.8) is 0 Å². The fourth-order valence-electron chi connectivity index (χ4n) is 2.27. The molecule has 0 bridgehead atoms. The Morgan fingerprint density at radius 3 is 2.21 bits per heavy atom. The predicted molar refractivity (Wildman–Crippen MR) is 95.8 cm³/mol. The molecule has 0 amide bonds. The smallest absolute Gasteiger partial charge is 0.262 e. The van der Waals surface area contributed by atoms with E-state index in [0.717, 1.165) is 18.4 Å². The molecule has 0 aliphatic rings. The maximum Gasteiger partial charge on any atom is 0.262 e. The van der Waals surface area contributed by atoms with Crippen molar-refractivity contribution in [1.29, 1.82) is 0 Å². The van der Waals surface area contributed by atoms with E-state index in [1.165, 1.54) is 26.4 Å². The van der Waals surface area contributed by atoms with Crippen molar-refractivity contribution in [2.24, 2.45) is 0 Å². The van der Waals surface area contributed by atoms with E-state index >= 15 is 0 Å². The summed E-state index contributed by atoms with van der Waals surface area (Å²) in [6.45, 7) is 2.08. The molecule has 130 valence electrons. The molecule has 0 saturated heterocycles. The van der Waals surface area contributed by atoms with E-state index in [2.05, 4.69) is 11.6 Å². The molecule has 0 aliphatic heterocycles. The van der Waals surface area contributed by atoms with Crippen LogP contribution < -0.4 is 14.2 Å². The molecule has 0 aromatic heterocycles. The minimum atomic E-state index is -3.74. The number of hydrogen-bond donors (Lipinski definition) is 1. The van der Waals surface area contributed by atoms with Crippen molar-refractivity contribution < 1.29 is 17.9 Å². The third-order valence-corrected chi connectivity index (χ3v) is 5.17. The minimum absolute atomic E-state index is 0.177. The van der Waals surface area contributed by atoms with Gasteiger partial charge in [-0.1, -0.05) is 37.1 Å². The second-order valence-electron chi connectivity index (χ2n) is 5.19. The minimum Gasteiger partial charge on any atom is -0.495 e. The average molecular weight is 370 g/mol. The number of benzene rings is 2. The summed E-state index contributed by atoms with van der Waals surface area (Å²) < 4.78 is 37.9. The number of halogens is 1. The van der Waals surface area contributed by atoms with E-state index in [4.69, 9.17) is 21.1 Å². The predicted octanol–water partition coefficient (Wildman–Crippen LogP) is 4.11. The van der Waals surface area contributed by atoms with Crippen LogP contribution in [0.3, 0.4) is 0 Å². The Kier molecular flexibility index (Phi) is 5.96. The Morgan fingerprint density at radius 1 is 1.04 bits per heavy atom. The maximum absolute atomic E-state index is 12.6. The van der Waals surface area contributed by atoms with Crippen LogP contribution in [0.5, 0.6) is 11.5 Å². The Balaban J connectivity index is 2.33. The number of anilines is 1. The summed E-state index contributed by atoms with van der Waals surface area (Å²) >= 11 is 6.07. The lowest BCUT2D eigenvalue weighted by Crippen LogP contribution is -2.13. The first-order valence-electron chi connectivity index (χ1n) is 7.44. The van der Waals surface area contributed by atoms with Crippen LogP contribution >= 0.6 is 11.6 Å². The number of ether oxygens (including phenoxy) is 2. The summed E-state index contributed by atoms with van der Waals surface area (Å²) in [5.41, 5.74) is 1.35. The highest BCUT2D eigenvalue weighted by molar-refractivity contribution is 7.92. The van der Waals surface area contributed by atoms with Crippen LogP contribution in [0.15, 0.2) is 41.3 Å². The molecule has 2 rings (SSSR count). The van der Waals surface area contributed by atoms with E-state index in [-0.39, 0.29) is 15.6 Å². The molecule has 2 aromatic rings.